The summed E-state index contributed by atoms with van der Waals surface area (Å²) < 4.78 is 22.8. The molecule has 2 heterocycles. The van der Waals surface area contributed by atoms with Crippen molar-refractivity contribution < 1.29 is 18.9 Å². The predicted molar refractivity (Wildman–Crippen MR) is 88.1 cm³/mol. The molecule has 128 valence electrons. The molecule has 0 amide bonds. The van der Waals surface area contributed by atoms with Crippen molar-refractivity contribution in [2.45, 2.75) is 31.2 Å². The number of nitrogens with zero attached hydrogens (tertiary/aromatic N) is 1. The van der Waals surface area contributed by atoms with Gasteiger partial charge in [-0.25, -0.2) is 0 Å². The lowest BCUT2D eigenvalue weighted by Gasteiger charge is -2.42. The van der Waals surface area contributed by atoms with Crippen LogP contribution in [0, 0.1) is 0 Å². The minimum absolute atomic E-state index is 0.114. The second-order valence-corrected chi connectivity index (χ2v) is 6.34. The number of piperidine rings is 1. The molecule has 23 heavy (non-hydrogen) atoms. The van der Waals surface area contributed by atoms with Gasteiger partial charge in [0.1, 0.15) is 11.9 Å². The van der Waals surface area contributed by atoms with E-state index in [1.54, 1.807) is 7.11 Å². The number of ether oxygens (including phenoxy) is 4. The molecular formula is C18H27NO4. The lowest BCUT2D eigenvalue weighted by atomic mass is 9.84. The van der Waals surface area contributed by atoms with Gasteiger partial charge in [0, 0.05) is 25.6 Å². The number of hydrogen-bond acceptors (Lipinski definition) is 5. The largest absolute Gasteiger partial charge is 0.497 e. The van der Waals surface area contributed by atoms with E-state index in [0.717, 1.165) is 25.4 Å². The van der Waals surface area contributed by atoms with Gasteiger partial charge in [-0.3, -0.25) is 0 Å². The fraction of sp³-hybridized carbons (Fsp3) is 0.667. The number of hydrogen-bond donors (Lipinski definition) is 0. The third kappa shape index (κ3) is 4.23. The number of methoxy groups -OCH3 is 1. The first-order valence-corrected chi connectivity index (χ1v) is 8.38. The van der Waals surface area contributed by atoms with Gasteiger partial charge in [-0.2, -0.15) is 0 Å². The zero-order chi connectivity index (χ0) is 16.2. The molecule has 4 unspecified atom stereocenters. The summed E-state index contributed by atoms with van der Waals surface area (Å²) in [5, 5.41) is 0. The zero-order valence-electron chi connectivity index (χ0n) is 14.2. The van der Waals surface area contributed by atoms with E-state index in [0.29, 0.717) is 13.2 Å². The number of rotatable bonds is 7. The van der Waals surface area contributed by atoms with Crippen LogP contribution in [0.4, 0.5) is 0 Å². The maximum absolute atomic E-state index is 6.20. The Kier molecular flexibility index (Phi) is 5.54. The summed E-state index contributed by atoms with van der Waals surface area (Å²) in [5.41, 5.74) is 1.25. The molecule has 2 fully saturated rings. The minimum Gasteiger partial charge on any atom is -0.497 e. The van der Waals surface area contributed by atoms with E-state index in [2.05, 4.69) is 24.1 Å². The molecule has 4 atom stereocenters. The average Bonchev–Trinajstić information content (AvgIpc) is 3.37. The van der Waals surface area contributed by atoms with Gasteiger partial charge in [-0.1, -0.05) is 12.1 Å². The summed E-state index contributed by atoms with van der Waals surface area (Å²) in [4.78, 5) is 2.29. The fourth-order valence-electron chi connectivity index (χ4n) is 3.33. The highest BCUT2D eigenvalue weighted by molar-refractivity contribution is 5.31. The molecule has 3 rings (SSSR count). The molecule has 0 N–H and O–H groups in total. The summed E-state index contributed by atoms with van der Waals surface area (Å²) in [6, 6.07) is 8.28. The monoisotopic (exact) mass is 321 g/mol. The molecule has 5 heteroatoms. The Morgan fingerprint density at radius 3 is 2.35 bits per heavy atom. The third-order valence-corrected chi connectivity index (χ3v) is 4.56. The van der Waals surface area contributed by atoms with Crippen LogP contribution in [-0.2, 0) is 14.2 Å². The van der Waals surface area contributed by atoms with Gasteiger partial charge in [0.15, 0.2) is 0 Å². The van der Waals surface area contributed by atoms with Crippen LogP contribution in [-0.4, -0.2) is 70.3 Å². The quantitative estimate of drug-likeness (QED) is 0.718. The highest BCUT2D eigenvalue weighted by Gasteiger charge is 2.39. The van der Waals surface area contributed by atoms with Crippen molar-refractivity contribution in [1.29, 1.82) is 0 Å². The summed E-state index contributed by atoms with van der Waals surface area (Å²) in [5.74, 6) is 1.11. The number of likely N-dealkylation sites (N-methyl/N-ethyl adjacent to an activating group) is 1. The minimum atomic E-state index is 0.114. The Hall–Kier alpha value is -1.14. The van der Waals surface area contributed by atoms with Crippen molar-refractivity contribution in [3.8, 4) is 5.75 Å². The van der Waals surface area contributed by atoms with Crippen LogP contribution in [0.2, 0.25) is 0 Å². The van der Waals surface area contributed by atoms with Crippen molar-refractivity contribution in [2.75, 3.05) is 47.1 Å². The van der Waals surface area contributed by atoms with E-state index in [9.17, 15) is 0 Å². The summed E-state index contributed by atoms with van der Waals surface area (Å²) in [7, 11) is 3.81. The molecule has 2 saturated heterocycles. The molecule has 5 nitrogen and oxygen atoms in total. The highest BCUT2D eigenvalue weighted by Crippen LogP contribution is 2.33. The topological polar surface area (TPSA) is 43.5 Å². The van der Waals surface area contributed by atoms with Crippen LogP contribution in [0.15, 0.2) is 24.3 Å². The maximum Gasteiger partial charge on any atom is 0.118 e. The lowest BCUT2D eigenvalue weighted by Crippen LogP contribution is -2.51. The Balaban J connectivity index is 1.79. The standard InChI is InChI=1S/C18H27NO4/c1-4-21-16-9-19(2)10-17(23-12-15-11-22-15)18(16)13-5-7-14(20-3)8-6-13/h5-8,15-18H,4,9-12H2,1-3H3. The van der Waals surface area contributed by atoms with Crippen LogP contribution in [0.5, 0.6) is 5.75 Å². The molecule has 1 aromatic rings. The first kappa shape index (κ1) is 16.7. The van der Waals surface area contributed by atoms with E-state index in [4.69, 9.17) is 18.9 Å². The first-order chi connectivity index (χ1) is 11.2. The van der Waals surface area contributed by atoms with E-state index >= 15 is 0 Å². The van der Waals surface area contributed by atoms with E-state index in [1.807, 2.05) is 19.1 Å². The van der Waals surface area contributed by atoms with Gasteiger partial charge < -0.3 is 23.8 Å². The molecule has 0 saturated carbocycles. The van der Waals surface area contributed by atoms with Gasteiger partial charge >= 0.3 is 0 Å². The number of epoxide rings is 1. The SMILES string of the molecule is CCOC1CN(C)CC(OCC2CO2)C1c1ccc(OC)cc1. The Morgan fingerprint density at radius 1 is 1.13 bits per heavy atom. The van der Waals surface area contributed by atoms with Crippen LogP contribution < -0.4 is 4.74 Å². The molecule has 0 aromatic heterocycles. The average molecular weight is 321 g/mol. The molecule has 2 aliphatic heterocycles. The molecule has 0 bridgehead atoms. The van der Waals surface area contributed by atoms with Crippen LogP contribution >= 0.6 is 0 Å². The summed E-state index contributed by atoms with van der Waals surface area (Å²) in [6.45, 7) is 6.09. The Labute approximate surface area is 138 Å². The summed E-state index contributed by atoms with van der Waals surface area (Å²) >= 11 is 0. The molecule has 0 spiro atoms. The van der Waals surface area contributed by atoms with Crippen molar-refractivity contribution in [1.82, 2.24) is 4.90 Å². The molecule has 0 radical (unpaired) electrons. The molecule has 2 aliphatic rings. The molecule has 0 aliphatic carbocycles. The van der Waals surface area contributed by atoms with E-state index in [1.165, 1.54) is 5.56 Å². The maximum atomic E-state index is 6.20. The lowest BCUT2D eigenvalue weighted by molar-refractivity contribution is -0.0849. The molecule has 1 aromatic carbocycles. The second-order valence-electron chi connectivity index (χ2n) is 6.34. The Bertz CT molecular complexity index is 488. The Morgan fingerprint density at radius 2 is 1.78 bits per heavy atom. The van der Waals surface area contributed by atoms with Gasteiger partial charge in [-0.15, -0.1) is 0 Å². The van der Waals surface area contributed by atoms with E-state index in [-0.39, 0.29) is 24.2 Å². The van der Waals surface area contributed by atoms with Crippen molar-refractivity contribution in [3.05, 3.63) is 29.8 Å². The number of benzene rings is 1. The predicted octanol–water partition coefficient (Wildman–Crippen LogP) is 1.91. The van der Waals surface area contributed by atoms with Gasteiger partial charge in [0.05, 0.1) is 32.5 Å². The van der Waals surface area contributed by atoms with Gasteiger partial charge in [0.2, 0.25) is 0 Å². The fourth-order valence-corrected chi connectivity index (χ4v) is 3.33. The second kappa shape index (κ2) is 7.62. The van der Waals surface area contributed by atoms with Crippen molar-refractivity contribution in [2.24, 2.45) is 0 Å². The van der Waals surface area contributed by atoms with Crippen LogP contribution in [0.25, 0.3) is 0 Å². The third-order valence-electron chi connectivity index (χ3n) is 4.56. The van der Waals surface area contributed by atoms with E-state index < -0.39 is 0 Å². The van der Waals surface area contributed by atoms with Gasteiger partial charge in [-0.05, 0) is 31.7 Å². The highest BCUT2D eigenvalue weighted by atomic mass is 16.6. The van der Waals surface area contributed by atoms with Crippen LogP contribution in [0.1, 0.15) is 18.4 Å². The normalized spacial score (nSPS) is 31.1. The molecular weight excluding hydrogens is 294 g/mol. The smallest absolute Gasteiger partial charge is 0.118 e. The van der Waals surface area contributed by atoms with Crippen molar-refractivity contribution >= 4 is 0 Å². The number of likely N-dealkylation sites (tertiary alicyclic amines) is 1. The zero-order valence-corrected chi connectivity index (χ0v) is 14.2. The van der Waals surface area contributed by atoms with Crippen molar-refractivity contribution in [3.63, 3.8) is 0 Å². The summed E-state index contributed by atoms with van der Waals surface area (Å²) in [6.07, 6.45) is 0.532. The van der Waals surface area contributed by atoms with Crippen LogP contribution in [0.3, 0.4) is 0 Å². The van der Waals surface area contributed by atoms with Gasteiger partial charge in [0.25, 0.3) is 0 Å². The first-order valence-electron chi connectivity index (χ1n) is 8.38.